The number of nitro groups is 1. The number of nitrogens with zero attached hydrogens (tertiary/aromatic N) is 2. The maximum atomic E-state index is 12.8. The van der Waals surface area contributed by atoms with Gasteiger partial charge in [-0.2, -0.15) is 13.2 Å². The van der Waals surface area contributed by atoms with Crippen molar-refractivity contribution in [3.05, 3.63) is 33.3 Å². The number of halogens is 3. The van der Waals surface area contributed by atoms with Crippen LogP contribution in [0.25, 0.3) is 0 Å². The van der Waals surface area contributed by atoms with E-state index in [4.69, 9.17) is 0 Å². The number of hydrogen-bond donors (Lipinski definition) is 0. The number of rotatable bonds is 1. The third kappa shape index (κ3) is 1.44. The highest BCUT2D eigenvalue weighted by molar-refractivity contribution is 5.29. The first kappa shape index (κ1) is 9.43. The Morgan fingerprint density at radius 2 is 1.85 bits per heavy atom. The Morgan fingerprint density at radius 3 is 2.31 bits per heavy atom. The zero-order chi connectivity index (χ0) is 10.2. The van der Waals surface area contributed by atoms with Crippen LogP contribution in [-0.2, 0) is 0 Å². The fourth-order valence-electron chi connectivity index (χ4n) is 0.731. The van der Waals surface area contributed by atoms with Gasteiger partial charge in [0, 0.05) is 10.5 Å². The van der Waals surface area contributed by atoms with Gasteiger partial charge in [0.25, 0.3) is 0 Å². The third-order valence-electron chi connectivity index (χ3n) is 1.41. The Morgan fingerprint density at radius 1 is 1.31 bits per heavy atom. The van der Waals surface area contributed by atoms with Crippen LogP contribution < -0.4 is 0 Å². The van der Waals surface area contributed by atoms with Gasteiger partial charge >= 0.3 is 11.8 Å². The van der Waals surface area contributed by atoms with E-state index in [1.165, 1.54) is 0 Å². The van der Waals surface area contributed by atoms with Crippen LogP contribution in [0.2, 0.25) is 0 Å². The third-order valence-corrected chi connectivity index (χ3v) is 1.41. The van der Waals surface area contributed by atoms with Crippen LogP contribution in [0, 0.1) is 34.6 Å². The van der Waals surface area contributed by atoms with Gasteiger partial charge in [-0.1, -0.05) is 0 Å². The molecular formula is C6H3F3N2O2. The molecule has 4 nitrogen and oxygen atoms in total. The molecule has 70 valence electrons. The van der Waals surface area contributed by atoms with E-state index in [9.17, 15) is 23.3 Å². The summed E-state index contributed by atoms with van der Waals surface area (Å²) in [6, 6.07) is 0. The van der Waals surface area contributed by atoms with Crippen molar-refractivity contribution in [3.8, 4) is 0 Å². The molecule has 0 saturated carbocycles. The van der Waals surface area contributed by atoms with E-state index >= 15 is 0 Å². The van der Waals surface area contributed by atoms with Gasteiger partial charge < -0.3 is 10.1 Å². The second-order valence-corrected chi connectivity index (χ2v) is 2.24. The standard InChI is InChI=1S/C6H3F3N2O2/c1-2-3(7)5(9)10-6(4(2)8)11(12)13/h1H3. The molecule has 0 aromatic carbocycles. The van der Waals surface area contributed by atoms with Gasteiger partial charge in [-0.05, 0) is 11.8 Å². The number of pyridine rings is 1. The Hall–Kier alpha value is -1.66. The van der Waals surface area contributed by atoms with Crippen LogP contribution in [0.15, 0.2) is 0 Å². The summed E-state index contributed by atoms with van der Waals surface area (Å²) in [7, 11) is 0. The Labute approximate surface area is 70.2 Å². The lowest BCUT2D eigenvalue weighted by atomic mass is 10.2. The predicted octanol–water partition coefficient (Wildman–Crippen LogP) is 1.72. The van der Waals surface area contributed by atoms with E-state index in [0.717, 1.165) is 6.92 Å². The molecule has 0 saturated heterocycles. The molecular weight excluding hydrogens is 189 g/mol. The van der Waals surface area contributed by atoms with Gasteiger partial charge in [0.2, 0.25) is 11.6 Å². The molecule has 0 aliphatic rings. The molecule has 0 spiro atoms. The fraction of sp³-hybridized carbons (Fsp3) is 0.167. The van der Waals surface area contributed by atoms with E-state index < -0.39 is 33.9 Å². The van der Waals surface area contributed by atoms with Crippen molar-refractivity contribution in [3.63, 3.8) is 0 Å². The van der Waals surface area contributed by atoms with Gasteiger partial charge in [-0.3, -0.25) is 0 Å². The molecule has 1 heterocycles. The summed E-state index contributed by atoms with van der Waals surface area (Å²) in [6.07, 6.45) is 0. The summed E-state index contributed by atoms with van der Waals surface area (Å²) in [4.78, 5) is 11.4. The summed E-state index contributed by atoms with van der Waals surface area (Å²) in [6.45, 7) is 0.891. The van der Waals surface area contributed by atoms with E-state index in [0.29, 0.717) is 0 Å². The Bertz CT molecular complexity index is 381. The molecule has 1 aromatic heterocycles. The molecule has 0 atom stereocenters. The molecule has 1 rings (SSSR count). The summed E-state index contributed by atoms with van der Waals surface area (Å²) in [5.74, 6) is -5.95. The van der Waals surface area contributed by atoms with Gasteiger partial charge in [0.15, 0.2) is 0 Å². The Kier molecular flexibility index (Phi) is 2.18. The molecule has 0 amide bonds. The molecule has 13 heavy (non-hydrogen) atoms. The van der Waals surface area contributed by atoms with Crippen LogP contribution >= 0.6 is 0 Å². The maximum Gasteiger partial charge on any atom is 0.403 e. The van der Waals surface area contributed by atoms with Gasteiger partial charge in [0.1, 0.15) is 0 Å². The van der Waals surface area contributed by atoms with Crippen LogP contribution in [0.3, 0.4) is 0 Å². The molecule has 0 unspecified atom stereocenters. The first-order valence-electron chi connectivity index (χ1n) is 3.10. The Balaban J connectivity index is 3.50. The zero-order valence-electron chi connectivity index (χ0n) is 6.34. The van der Waals surface area contributed by atoms with Crippen LogP contribution in [0.1, 0.15) is 5.56 Å². The minimum atomic E-state index is -1.68. The fourth-order valence-corrected chi connectivity index (χ4v) is 0.731. The maximum absolute atomic E-state index is 12.8. The van der Waals surface area contributed by atoms with Crippen molar-refractivity contribution in [2.45, 2.75) is 6.92 Å². The minimum absolute atomic E-state index is 0.751. The topological polar surface area (TPSA) is 56.0 Å². The lowest BCUT2D eigenvalue weighted by Crippen LogP contribution is -2.04. The molecule has 7 heteroatoms. The highest BCUT2D eigenvalue weighted by Gasteiger charge is 2.26. The van der Waals surface area contributed by atoms with Gasteiger partial charge in [-0.25, -0.2) is 0 Å². The first-order valence-corrected chi connectivity index (χ1v) is 3.10. The van der Waals surface area contributed by atoms with Crippen molar-refractivity contribution in [1.29, 1.82) is 0 Å². The van der Waals surface area contributed by atoms with E-state index in [1.54, 1.807) is 0 Å². The molecule has 0 fully saturated rings. The normalized spacial score (nSPS) is 10.2. The van der Waals surface area contributed by atoms with E-state index in [-0.39, 0.29) is 0 Å². The molecule has 0 N–H and O–H groups in total. The van der Waals surface area contributed by atoms with Crippen molar-refractivity contribution in [1.82, 2.24) is 4.98 Å². The number of hydrogen-bond acceptors (Lipinski definition) is 3. The van der Waals surface area contributed by atoms with E-state index in [2.05, 4.69) is 4.98 Å². The summed E-state index contributed by atoms with van der Waals surface area (Å²) >= 11 is 0. The monoisotopic (exact) mass is 192 g/mol. The quantitative estimate of drug-likeness (QED) is 0.386. The van der Waals surface area contributed by atoms with Crippen molar-refractivity contribution < 1.29 is 18.1 Å². The average Bonchev–Trinajstić information content (AvgIpc) is 2.07. The molecule has 0 radical (unpaired) electrons. The first-order chi connectivity index (χ1) is 5.95. The average molecular weight is 192 g/mol. The molecule has 0 aliphatic heterocycles. The van der Waals surface area contributed by atoms with Gasteiger partial charge in [0.05, 0.1) is 0 Å². The number of aromatic nitrogens is 1. The van der Waals surface area contributed by atoms with Crippen LogP contribution in [0.5, 0.6) is 0 Å². The zero-order valence-corrected chi connectivity index (χ0v) is 6.34. The largest absolute Gasteiger partial charge is 0.403 e. The lowest BCUT2D eigenvalue weighted by molar-refractivity contribution is -0.392. The SMILES string of the molecule is Cc1c(F)c(F)nc([N+](=O)[O-])c1F. The minimum Gasteiger partial charge on any atom is -0.358 e. The summed E-state index contributed by atoms with van der Waals surface area (Å²) in [5, 5.41) is 10.1. The molecule has 0 aliphatic carbocycles. The van der Waals surface area contributed by atoms with E-state index in [1.807, 2.05) is 0 Å². The van der Waals surface area contributed by atoms with Crippen LogP contribution in [0.4, 0.5) is 19.0 Å². The van der Waals surface area contributed by atoms with Crippen molar-refractivity contribution >= 4 is 5.82 Å². The highest BCUT2D eigenvalue weighted by Crippen LogP contribution is 2.21. The summed E-state index contributed by atoms with van der Waals surface area (Å²) < 4.78 is 37.7. The summed E-state index contributed by atoms with van der Waals surface area (Å²) in [5.41, 5.74) is -0.751. The smallest absolute Gasteiger partial charge is 0.358 e. The predicted molar refractivity (Wildman–Crippen MR) is 35.5 cm³/mol. The molecule has 1 aromatic rings. The highest BCUT2D eigenvalue weighted by atomic mass is 19.2. The lowest BCUT2D eigenvalue weighted by Gasteiger charge is -1.98. The van der Waals surface area contributed by atoms with Crippen molar-refractivity contribution in [2.75, 3.05) is 0 Å². The van der Waals surface area contributed by atoms with Crippen LogP contribution in [-0.4, -0.2) is 9.91 Å². The van der Waals surface area contributed by atoms with Crippen molar-refractivity contribution in [2.24, 2.45) is 0 Å². The van der Waals surface area contributed by atoms with Gasteiger partial charge in [-0.15, -0.1) is 0 Å². The second-order valence-electron chi connectivity index (χ2n) is 2.24. The molecule has 0 bridgehead atoms. The second kappa shape index (κ2) is 3.00.